The predicted molar refractivity (Wildman–Crippen MR) is 107 cm³/mol. The van der Waals surface area contributed by atoms with Crippen LogP contribution >= 0.6 is 0 Å². The Morgan fingerprint density at radius 3 is 2.27 bits per heavy atom. The normalized spacial score (nSPS) is 11.1. The molecular formula is C23H23N3. The first kappa shape index (κ1) is 16.5. The molecule has 0 fully saturated rings. The lowest BCUT2D eigenvalue weighted by molar-refractivity contribution is 0.666. The number of fused-ring (bicyclic) bond motifs is 1. The zero-order chi connectivity index (χ0) is 17.6. The van der Waals surface area contributed by atoms with Gasteiger partial charge in [0.2, 0.25) is 0 Å². The van der Waals surface area contributed by atoms with Crippen molar-refractivity contribution in [2.24, 2.45) is 0 Å². The van der Waals surface area contributed by atoms with Crippen LogP contribution < -0.4 is 0 Å². The summed E-state index contributed by atoms with van der Waals surface area (Å²) in [6.45, 7) is 0. The highest BCUT2D eigenvalue weighted by atomic mass is 15.0. The van der Waals surface area contributed by atoms with Gasteiger partial charge in [-0.05, 0) is 36.5 Å². The molecule has 26 heavy (non-hydrogen) atoms. The third-order valence-electron chi connectivity index (χ3n) is 4.72. The fourth-order valence-corrected chi connectivity index (χ4v) is 3.30. The summed E-state index contributed by atoms with van der Waals surface area (Å²) in [5, 5.41) is 0. The first-order chi connectivity index (χ1) is 12.9. The Labute approximate surface area is 154 Å². The Kier molecular flexibility index (Phi) is 5.06. The molecule has 3 heteroatoms. The van der Waals surface area contributed by atoms with Crippen LogP contribution in [0.15, 0.2) is 72.9 Å². The van der Waals surface area contributed by atoms with E-state index in [4.69, 9.17) is 0 Å². The van der Waals surface area contributed by atoms with Gasteiger partial charge in [0, 0.05) is 18.2 Å². The molecule has 0 bridgehead atoms. The third kappa shape index (κ3) is 3.99. The van der Waals surface area contributed by atoms with Crippen LogP contribution in [0, 0.1) is 0 Å². The number of nitrogens with zero attached hydrogens (tertiary/aromatic N) is 2. The number of aryl methyl sites for hydroxylation is 2. The first-order valence-electron chi connectivity index (χ1n) is 9.32. The highest BCUT2D eigenvalue weighted by Gasteiger charge is 2.06. The number of imidazole rings is 1. The molecule has 0 aliphatic carbocycles. The van der Waals surface area contributed by atoms with Gasteiger partial charge in [-0.3, -0.25) is 0 Å². The van der Waals surface area contributed by atoms with Crippen molar-refractivity contribution in [3.63, 3.8) is 0 Å². The third-order valence-corrected chi connectivity index (χ3v) is 4.72. The molecule has 0 unspecified atom stereocenters. The van der Waals surface area contributed by atoms with Gasteiger partial charge in [-0.2, -0.15) is 0 Å². The van der Waals surface area contributed by atoms with Gasteiger partial charge < -0.3 is 4.98 Å². The maximum Gasteiger partial charge on any atom is 0.177 e. The molecule has 2 aromatic heterocycles. The molecule has 130 valence electrons. The van der Waals surface area contributed by atoms with Crippen molar-refractivity contribution >= 4 is 11.2 Å². The minimum absolute atomic E-state index is 0.809. The SMILES string of the molecule is c1ccc(CCCCCc2nc3ncc(-c4ccccc4)cc3[nH]2)cc1. The fourth-order valence-electron chi connectivity index (χ4n) is 3.30. The van der Waals surface area contributed by atoms with E-state index in [0.717, 1.165) is 41.8 Å². The van der Waals surface area contributed by atoms with Crippen molar-refractivity contribution in [2.45, 2.75) is 32.1 Å². The number of rotatable bonds is 7. The molecule has 0 saturated carbocycles. The van der Waals surface area contributed by atoms with Crippen molar-refractivity contribution in [1.82, 2.24) is 15.0 Å². The highest BCUT2D eigenvalue weighted by molar-refractivity contribution is 5.78. The van der Waals surface area contributed by atoms with Crippen LogP contribution in [0.2, 0.25) is 0 Å². The summed E-state index contributed by atoms with van der Waals surface area (Å²) in [6, 6.07) is 23.2. The predicted octanol–water partition coefficient (Wildman–Crippen LogP) is 5.58. The van der Waals surface area contributed by atoms with E-state index in [1.807, 2.05) is 24.4 Å². The van der Waals surface area contributed by atoms with Gasteiger partial charge >= 0.3 is 0 Å². The lowest BCUT2D eigenvalue weighted by atomic mass is 10.1. The molecule has 2 aromatic carbocycles. The number of nitrogens with one attached hydrogen (secondary N) is 1. The quantitative estimate of drug-likeness (QED) is 0.446. The number of hydrogen-bond donors (Lipinski definition) is 1. The summed E-state index contributed by atoms with van der Waals surface area (Å²) < 4.78 is 0. The Balaban J connectivity index is 1.34. The molecule has 0 aliphatic heterocycles. The number of unbranched alkanes of at least 4 members (excludes halogenated alkanes) is 2. The van der Waals surface area contributed by atoms with Gasteiger partial charge in [-0.15, -0.1) is 0 Å². The maximum atomic E-state index is 4.64. The van der Waals surface area contributed by atoms with Crippen LogP contribution in [0.25, 0.3) is 22.3 Å². The van der Waals surface area contributed by atoms with E-state index in [2.05, 4.69) is 63.5 Å². The smallest absolute Gasteiger partial charge is 0.177 e. The largest absolute Gasteiger partial charge is 0.341 e. The van der Waals surface area contributed by atoms with Gasteiger partial charge in [0.25, 0.3) is 0 Å². The Morgan fingerprint density at radius 2 is 1.46 bits per heavy atom. The van der Waals surface area contributed by atoms with Crippen LogP contribution in [0.4, 0.5) is 0 Å². The number of benzene rings is 2. The van der Waals surface area contributed by atoms with E-state index in [1.165, 1.54) is 24.0 Å². The minimum Gasteiger partial charge on any atom is -0.341 e. The molecule has 0 radical (unpaired) electrons. The highest BCUT2D eigenvalue weighted by Crippen LogP contribution is 2.21. The van der Waals surface area contributed by atoms with E-state index < -0.39 is 0 Å². The average molecular weight is 341 g/mol. The van der Waals surface area contributed by atoms with E-state index in [-0.39, 0.29) is 0 Å². The monoisotopic (exact) mass is 341 g/mol. The number of H-pyrrole nitrogens is 1. The molecule has 1 N–H and O–H groups in total. The number of pyridine rings is 1. The van der Waals surface area contributed by atoms with E-state index in [0.29, 0.717) is 0 Å². The van der Waals surface area contributed by atoms with E-state index in [9.17, 15) is 0 Å². The standard InChI is InChI=1S/C23H23N3/c1-4-10-18(11-5-1)12-6-2-9-15-22-25-21-16-20(17-24-23(21)26-22)19-13-7-3-8-14-19/h1,3-5,7-8,10-11,13-14,16-17H,2,6,9,12,15H2,(H,24,25,26). The summed E-state index contributed by atoms with van der Waals surface area (Å²) in [7, 11) is 0. The molecule has 0 atom stereocenters. The van der Waals surface area contributed by atoms with Gasteiger partial charge in [-0.25, -0.2) is 9.97 Å². The topological polar surface area (TPSA) is 41.6 Å². The zero-order valence-corrected chi connectivity index (χ0v) is 14.9. The number of aromatic nitrogens is 3. The van der Waals surface area contributed by atoms with Crippen LogP contribution in [-0.4, -0.2) is 15.0 Å². The molecular weight excluding hydrogens is 318 g/mol. The minimum atomic E-state index is 0.809. The summed E-state index contributed by atoms with van der Waals surface area (Å²) in [4.78, 5) is 12.6. The molecule has 4 aromatic rings. The van der Waals surface area contributed by atoms with Gasteiger partial charge in [0.1, 0.15) is 5.82 Å². The maximum absolute atomic E-state index is 4.64. The molecule has 0 amide bonds. The molecule has 0 aliphatic rings. The Morgan fingerprint density at radius 1 is 0.731 bits per heavy atom. The van der Waals surface area contributed by atoms with Crippen molar-refractivity contribution < 1.29 is 0 Å². The number of aromatic amines is 1. The van der Waals surface area contributed by atoms with E-state index >= 15 is 0 Å². The lowest BCUT2D eigenvalue weighted by Gasteiger charge is -2.01. The second-order valence-corrected chi connectivity index (χ2v) is 6.69. The van der Waals surface area contributed by atoms with Crippen LogP contribution in [0.5, 0.6) is 0 Å². The van der Waals surface area contributed by atoms with Crippen molar-refractivity contribution in [1.29, 1.82) is 0 Å². The Hall–Kier alpha value is -2.94. The molecule has 4 rings (SSSR count). The second-order valence-electron chi connectivity index (χ2n) is 6.69. The van der Waals surface area contributed by atoms with Crippen LogP contribution in [-0.2, 0) is 12.8 Å². The van der Waals surface area contributed by atoms with Crippen molar-refractivity contribution in [3.05, 3.63) is 84.3 Å². The van der Waals surface area contributed by atoms with E-state index in [1.54, 1.807) is 0 Å². The van der Waals surface area contributed by atoms with Crippen molar-refractivity contribution in [2.75, 3.05) is 0 Å². The summed E-state index contributed by atoms with van der Waals surface area (Å²) >= 11 is 0. The lowest BCUT2D eigenvalue weighted by Crippen LogP contribution is -1.90. The van der Waals surface area contributed by atoms with Crippen LogP contribution in [0.3, 0.4) is 0 Å². The molecule has 0 spiro atoms. The van der Waals surface area contributed by atoms with Crippen LogP contribution in [0.1, 0.15) is 30.7 Å². The number of hydrogen-bond acceptors (Lipinski definition) is 2. The van der Waals surface area contributed by atoms with Crippen molar-refractivity contribution in [3.8, 4) is 11.1 Å². The van der Waals surface area contributed by atoms with Gasteiger partial charge in [-0.1, -0.05) is 67.1 Å². The summed E-state index contributed by atoms with van der Waals surface area (Å²) in [5.74, 6) is 1.04. The first-order valence-corrected chi connectivity index (χ1v) is 9.32. The van der Waals surface area contributed by atoms with Gasteiger partial charge in [0.05, 0.1) is 5.52 Å². The molecule has 0 saturated heterocycles. The second kappa shape index (κ2) is 7.96. The summed E-state index contributed by atoms with van der Waals surface area (Å²) in [5.41, 5.74) is 5.55. The fraction of sp³-hybridized carbons (Fsp3) is 0.217. The average Bonchev–Trinajstić information content (AvgIpc) is 3.11. The Bertz CT molecular complexity index is 959. The molecule has 3 nitrogen and oxygen atoms in total. The summed E-state index contributed by atoms with van der Waals surface area (Å²) in [6.07, 6.45) is 7.63. The molecule has 2 heterocycles. The zero-order valence-electron chi connectivity index (χ0n) is 14.9. The van der Waals surface area contributed by atoms with Gasteiger partial charge in [0.15, 0.2) is 5.65 Å².